The van der Waals surface area contributed by atoms with Crippen LogP contribution < -0.4 is 4.90 Å². The third kappa shape index (κ3) is 2.49. The molecule has 20 heavy (non-hydrogen) atoms. The predicted octanol–water partition coefficient (Wildman–Crippen LogP) is 2.70. The Kier molecular flexibility index (Phi) is 3.37. The summed E-state index contributed by atoms with van der Waals surface area (Å²) >= 11 is 0. The highest BCUT2D eigenvalue weighted by Crippen LogP contribution is 2.30. The van der Waals surface area contributed by atoms with Gasteiger partial charge in [0, 0.05) is 31.4 Å². The fraction of sp³-hybridized carbons (Fsp3) is 0.357. The highest BCUT2D eigenvalue weighted by atomic mass is 16.6. The number of anilines is 1. The lowest BCUT2D eigenvalue weighted by Crippen LogP contribution is -2.32. The van der Waals surface area contributed by atoms with Crippen LogP contribution in [0.2, 0.25) is 0 Å². The monoisotopic (exact) mass is 272 g/mol. The number of aromatic amines is 1. The van der Waals surface area contributed by atoms with Gasteiger partial charge in [-0.05, 0) is 24.3 Å². The molecule has 0 atom stereocenters. The molecule has 104 valence electrons. The number of nitrogens with one attached hydrogen (secondary N) is 1. The zero-order valence-corrected chi connectivity index (χ0v) is 11.0. The van der Waals surface area contributed by atoms with Crippen LogP contribution in [0.1, 0.15) is 24.3 Å². The van der Waals surface area contributed by atoms with Crippen molar-refractivity contribution in [2.75, 3.05) is 18.0 Å². The van der Waals surface area contributed by atoms with Crippen molar-refractivity contribution in [2.24, 2.45) is 0 Å². The normalized spacial score (nSPS) is 16.3. The summed E-state index contributed by atoms with van der Waals surface area (Å²) in [4.78, 5) is 12.6. The summed E-state index contributed by atoms with van der Waals surface area (Å²) in [5.41, 5.74) is 2.49. The number of non-ortho nitro benzene ring substituents is 1. The van der Waals surface area contributed by atoms with Crippen molar-refractivity contribution >= 4 is 11.4 Å². The number of benzene rings is 1. The molecule has 1 aliphatic heterocycles. The van der Waals surface area contributed by atoms with Crippen LogP contribution in [-0.4, -0.2) is 28.2 Å². The van der Waals surface area contributed by atoms with E-state index in [4.69, 9.17) is 0 Å². The standard InChI is InChI=1S/C14H16N4O2/c19-18(20)13-3-1-11(2-4-13)12-5-7-17(8-6-12)14-9-15-16-10-14/h1-4,9-10,12H,5-8H2,(H,15,16). The van der Waals surface area contributed by atoms with Crippen molar-refractivity contribution in [3.8, 4) is 0 Å². The first-order valence-electron chi connectivity index (χ1n) is 6.72. The fourth-order valence-corrected chi connectivity index (χ4v) is 2.76. The molecule has 2 aromatic rings. The zero-order chi connectivity index (χ0) is 13.9. The lowest BCUT2D eigenvalue weighted by atomic mass is 9.89. The summed E-state index contributed by atoms with van der Waals surface area (Å²) in [6, 6.07) is 6.96. The molecule has 1 aromatic carbocycles. The predicted molar refractivity (Wildman–Crippen MR) is 75.9 cm³/mol. The SMILES string of the molecule is O=[N+]([O-])c1ccc(C2CCN(c3cn[nH]c3)CC2)cc1. The first-order chi connectivity index (χ1) is 9.74. The van der Waals surface area contributed by atoms with E-state index in [0.29, 0.717) is 5.92 Å². The number of nitrogens with zero attached hydrogens (tertiary/aromatic N) is 3. The minimum absolute atomic E-state index is 0.157. The highest BCUT2D eigenvalue weighted by Gasteiger charge is 2.21. The van der Waals surface area contributed by atoms with Crippen molar-refractivity contribution in [3.05, 3.63) is 52.3 Å². The number of hydrogen-bond donors (Lipinski definition) is 1. The second-order valence-corrected chi connectivity index (χ2v) is 5.07. The Morgan fingerprint density at radius 3 is 2.50 bits per heavy atom. The molecule has 0 aliphatic carbocycles. The maximum absolute atomic E-state index is 10.7. The molecule has 1 saturated heterocycles. The molecule has 1 N–H and O–H groups in total. The van der Waals surface area contributed by atoms with Gasteiger partial charge in [0.25, 0.3) is 5.69 Å². The van der Waals surface area contributed by atoms with Crippen molar-refractivity contribution in [2.45, 2.75) is 18.8 Å². The summed E-state index contributed by atoms with van der Waals surface area (Å²) in [7, 11) is 0. The molecule has 6 nitrogen and oxygen atoms in total. The molecule has 0 saturated carbocycles. The van der Waals surface area contributed by atoms with E-state index < -0.39 is 0 Å². The third-order valence-electron chi connectivity index (χ3n) is 3.92. The van der Waals surface area contributed by atoms with E-state index in [0.717, 1.165) is 31.6 Å². The van der Waals surface area contributed by atoms with Gasteiger partial charge in [-0.2, -0.15) is 5.10 Å². The van der Waals surface area contributed by atoms with Crippen LogP contribution in [0.5, 0.6) is 0 Å². The van der Waals surface area contributed by atoms with Crippen LogP contribution in [-0.2, 0) is 0 Å². The minimum atomic E-state index is -0.356. The van der Waals surface area contributed by atoms with Gasteiger partial charge in [0.15, 0.2) is 0 Å². The lowest BCUT2D eigenvalue weighted by molar-refractivity contribution is -0.384. The molecule has 0 bridgehead atoms. The summed E-state index contributed by atoms with van der Waals surface area (Å²) in [6.07, 6.45) is 5.87. The van der Waals surface area contributed by atoms with Gasteiger partial charge in [0.1, 0.15) is 0 Å². The van der Waals surface area contributed by atoms with Crippen LogP contribution in [0, 0.1) is 10.1 Å². The zero-order valence-electron chi connectivity index (χ0n) is 11.0. The summed E-state index contributed by atoms with van der Waals surface area (Å²) in [5, 5.41) is 17.5. The number of H-pyrrole nitrogens is 1. The fourth-order valence-electron chi connectivity index (χ4n) is 2.76. The van der Waals surface area contributed by atoms with E-state index in [9.17, 15) is 10.1 Å². The number of nitro groups is 1. The van der Waals surface area contributed by atoms with E-state index in [-0.39, 0.29) is 10.6 Å². The van der Waals surface area contributed by atoms with Gasteiger partial charge in [-0.15, -0.1) is 0 Å². The first-order valence-corrected chi connectivity index (χ1v) is 6.72. The highest BCUT2D eigenvalue weighted by molar-refractivity contribution is 5.43. The molecule has 0 amide bonds. The number of aromatic nitrogens is 2. The maximum atomic E-state index is 10.7. The second kappa shape index (κ2) is 5.32. The first kappa shape index (κ1) is 12.7. The Balaban J connectivity index is 1.64. The van der Waals surface area contributed by atoms with Gasteiger partial charge >= 0.3 is 0 Å². The van der Waals surface area contributed by atoms with Gasteiger partial charge in [0.2, 0.25) is 0 Å². The Morgan fingerprint density at radius 2 is 1.95 bits per heavy atom. The summed E-state index contributed by atoms with van der Waals surface area (Å²) < 4.78 is 0. The van der Waals surface area contributed by atoms with Crippen LogP contribution in [0.15, 0.2) is 36.7 Å². The van der Waals surface area contributed by atoms with Gasteiger partial charge in [-0.1, -0.05) is 12.1 Å². The van der Waals surface area contributed by atoms with Crippen LogP contribution in [0.3, 0.4) is 0 Å². The van der Waals surface area contributed by atoms with Crippen LogP contribution in [0.25, 0.3) is 0 Å². The topological polar surface area (TPSA) is 75.1 Å². The number of hydrogen-bond acceptors (Lipinski definition) is 4. The average molecular weight is 272 g/mol. The molecule has 6 heteroatoms. The Bertz CT molecular complexity index is 572. The van der Waals surface area contributed by atoms with Crippen molar-refractivity contribution in [3.63, 3.8) is 0 Å². The van der Waals surface area contributed by atoms with E-state index in [1.807, 2.05) is 24.5 Å². The molecule has 1 fully saturated rings. The minimum Gasteiger partial charge on any atom is -0.369 e. The number of nitro benzene ring substituents is 1. The molecule has 1 aliphatic rings. The maximum Gasteiger partial charge on any atom is 0.269 e. The van der Waals surface area contributed by atoms with E-state index >= 15 is 0 Å². The summed E-state index contributed by atoms with van der Waals surface area (Å²) in [6.45, 7) is 1.97. The Labute approximate surface area is 116 Å². The molecule has 0 radical (unpaired) electrons. The van der Waals surface area contributed by atoms with Crippen LogP contribution in [0.4, 0.5) is 11.4 Å². The van der Waals surface area contributed by atoms with E-state index in [1.165, 1.54) is 5.56 Å². The van der Waals surface area contributed by atoms with Crippen molar-refractivity contribution in [1.29, 1.82) is 0 Å². The quantitative estimate of drug-likeness (QED) is 0.688. The third-order valence-corrected chi connectivity index (χ3v) is 3.92. The van der Waals surface area contributed by atoms with Gasteiger partial charge in [-0.25, -0.2) is 0 Å². The molecule has 0 unspecified atom stereocenters. The smallest absolute Gasteiger partial charge is 0.269 e. The van der Waals surface area contributed by atoms with Crippen molar-refractivity contribution < 1.29 is 4.92 Å². The number of rotatable bonds is 3. The largest absolute Gasteiger partial charge is 0.369 e. The Hall–Kier alpha value is -2.37. The average Bonchev–Trinajstić information content (AvgIpc) is 3.02. The van der Waals surface area contributed by atoms with Gasteiger partial charge in [-0.3, -0.25) is 15.2 Å². The Morgan fingerprint density at radius 1 is 1.25 bits per heavy atom. The van der Waals surface area contributed by atoms with Crippen molar-refractivity contribution in [1.82, 2.24) is 10.2 Å². The molecule has 3 rings (SSSR count). The lowest BCUT2D eigenvalue weighted by Gasteiger charge is -2.32. The second-order valence-electron chi connectivity index (χ2n) is 5.07. The molecule has 1 aromatic heterocycles. The van der Waals surface area contributed by atoms with Gasteiger partial charge < -0.3 is 4.90 Å². The van der Waals surface area contributed by atoms with E-state index in [1.54, 1.807) is 12.1 Å². The van der Waals surface area contributed by atoms with Gasteiger partial charge in [0.05, 0.1) is 16.8 Å². The molecule has 0 spiro atoms. The van der Waals surface area contributed by atoms with Crippen LogP contribution >= 0.6 is 0 Å². The van der Waals surface area contributed by atoms with E-state index in [2.05, 4.69) is 15.1 Å². The summed E-state index contributed by atoms with van der Waals surface area (Å²) in [5.74, 6) is 0.485. The molecular weight excluding hydrogens is 256 g/mol. The number of piperidine rings is 1. The molecule has 2 heterocycles. The molecular formula is C14H16N4O2.